The second-order valence-electron chi connectivity index (χ2n) is 4.89. The number of nitrogens with one attached hydrogen (secondary N) is 1. The highest BCUT2D eigenvalue weighted by atomic mass is 35.5. The van der Waals surface area contributed by atoms with Gasteiger partial charge in [0.1, 0.15) is 0 Å². The van der Waals surface area contributed by atoms with E-state index in [-0.39, 0.29) is 5.92 Å². The van der Waals surface area contributed by atoms with Crippen LogP contribution in [-0.4, -0.2) is 16.9 Å². The molecule has 1 aromatic heterocycles. The van der Waals surface area contributed by atoms with Crippen LogP contribution in [0.3, 0.4) is 0 Å². The molecule has 3 N–H and O–H groups in total. The van der Waals surface area contributed by atoms with Crippen LogP contribution in [0, 0.1) is 0 Å². The van der Waals surface area contributed by atoms with E-state index < -0.39 is 11.9 Å². The minimum absolute atomic E-state index is 0.0359. The Bertz CT molecular complexity index is 603. The fourth-order valence-electron chi connectivity index (χ4n) is 2.23. The van der Waals surface area contributed by atoms with E-state index in [4.69, 9.17) is 17.3 Å². The Hall–Kier alpha value is -1.91. The summed E-state index contributed by atoms with van der Waals surface area (Å²) in [5.74, 6) is -0.426. The highest BCUT2D eigenvalue weighted by Gasteiger charge is 2.23. The summed E-state index contributed by atoms with van der Waals surface area (Å²) in [6.07, 6.45) is 1.67. The van der Waals surface area contributed by atoms with Crippen LogP contribution < -0.4 is 11.1 Å². The summed E-state index contributed by atoms with van der Waals surface area (Å²) in [7, 11) is 0. The third kappa shape index (κ3) is 4.03. The van der Waals surface area contributed by atoms with Gasteiger partial charge in [0.25, 0.3) is 0 Å². The van der Waals surface area contributed by atoms with Crippen LogP contribution in [-0.2, 0) is 11.3 Å². The maximum Gasteiger partial charge on any atom is 0.235 e. The Labute approximate surface area is 129 Å². The lowest BCUT2D eigenvalue weighted by Crippen LogP contribution is -2.44. The number of amides is 1. The second-order valence-corrected chi connectivity index (χ2v) is 5.30. The van der Waals surface area contributed by atoms with Gasteiger partial charge in [-0.15, -0.1) is 0 Å². The predicted octanol–water partition coefficient (Wildman–Crippen LogP) is 2.48. The largest absolute Gasteiger partial charge is 0.368 e. The normalized spacial score (nSPS) is 13.6. The molecule has 5 heteroatoms. The molecule has 0 aliphatic heterocycles. The molecule has 0 aliphatic carbocycles. The molecule has 2 unspecified atom stereocenters. The van der Waals surface area contributed by atoms with Gasteiger partial charge in [-0.05, 0) is 17.7 Å². The number of nitrogens with two attached hydrogens (primary N) is 1. The maximum atomic E-state index is 11.7. The molecule has 0 radical (unpaired) electrons. The summed E-state index contributed by atoms with van der Waals surface area (Å²) in [6, 6.07) is 12.8. The van der Waals surface area contributed by atoms with Gasteiger partial charge < -0.3 is 5.73 Å². The summed E-state index contributed by atoms with van der Waals surface area (Å²) in [5, 5.41) is 3.72. The number of benzene rings is 1. The van der Waals surface area contributed by atoms with Crippen LogP contribution in [0.25, 0.3) is 0 Å². The van der Waals surface area contributed by atoms with E-state index in [0.29, 0.717) is 17.3 Å². The Balaban J connectivity index is 2.10. The van der Waals surface area contributed by atoms with E-state index >= 15 is 0 Å². The van der Waals surface area contributed by atoms with Crippen molar-refractivity contribution in [3.05, 3.63) is 64.9 Å². The number of halogens is 1. The molecule has 2 aromatic rings. The van der Waals surface area contributed by atoms with Gasteiger partial charge in [-0.25, -0.2) is 0 Å². The average Bonchev–Trinajstić information content (AvgIpc) is 2.49. The van der Waals surface area contributed by atoms with E-state index in [1.807, 2.05) is 37.3 Å². The zero-order valence-corrected chi connectivity index (χ0v) is 12.5. The highest BCUT2D eigenvalue weighted by molar-refractivity contribution is 6.31. The van der Waals surface area contributed by atoms with Crippen molar-refractivity contribution in [1.82, 2.24) is 10.3 Å². The third-order valence-corrected chi connectivity index (χ3v) is 3.80. The minimum atomic E-state index is -0.481. The number of hydrogen-bond acceptors (Lipinski definition) is 3. The molecule has 1 aromatic carbocycles. The Morgan fingerprint density at radius 1 is 1.29 bits per heavy atom. The van der Waals surface area contributed by atoms with Crippen LogP contribution in [0.4, 0.5) is 0 Å². The molecule has 0 saturated carbocycles. The van der Waals surface area contributed by atoms with E-state index in [0.717, 1.165) is 5.56 Å². The van der Waals surface area contributed by atoms with Crippen molar-refractivity contribution in [2.24, 2.45) is 5.73 Å². The Kier molecular flexibility index (Phi) is 5.31. The van der Waals surface area contributed by atoms with Gasteiger partial charge in [-0.2, -0.15) is 0 Å². The van der Waals surface area contributed by atoms with Crippen molar-refractivity contribution >= 4 is 17.5 Å². The SMILES string of the molecule is CC(c1ccccc1)C(NCc1ncccc1Cl)C(N)=O. The Morgan fingerprint density at radius 2 is 2.00 bits per heavy atom. The van der Waals surface area contributed by atoms with Crippen LogP contribution in [0.15, 0.2) is 48.7 Å². The monoisotopic (exact) mass is 303 g/mol. The van der Waals surface area contributed by atoms with E-state index in [2.05, 4.69) is 10.3 Å². The van der Waals surface area contributed by atoms with Crippen molar-refractivity contribution in [2.75, 3.05) is 0 Å². The molecule has 0 saturated heterocycles. The van der Waals surface area contributed by atoms with Gasteiger partial charge in [0.05, 0.1) is 16.8 Å². The number of nitrogens with zero attached hydrogens (tertiary/aromatic N) is 1. The van der Waals surface area contributed by atoms with Gasteiger partial charge in [0, 0.05) is 18.7 Å². The van der Waals surface area contributed by atoms with E-state index in [1.165, 1.54) is 0 Å². The quantitative estimate of drug-likeness (QED) is 0.861. The summed E-state index contributed by atoms with van der Waals surface area (Å²) in [6.45, 7) is 2.36. The first-order valence-corrected chi connectivity index (χ1v) is 7.14. The van der Waals surface area contributed by atoms with E-state index in [1.54, 1.807) is 18.3 Å². The summed E-state index contributed by atoms with van der Waals surface area (Å²) in [5.41, 5.74) is 7.28. The number of aromatic nitrogens is 1. The van der Waals surface area contributed by atoms with Crippen molar-refractivity contribution in [2.45, 2.75) is 25.4 Å². The molecule has 0 spiro atoms. The van der Waals surface area contributed by atoms with Gasteiger partial charge in [0.2, 0.25) is 5.91 Å². The van der Waals surface area contributed by atoms with Gasteiger partial charge >= 0.3 is 0 Å². The number of carbonyl (C=O) groups excluding carboxylic acids is 1. The van der Waals surface area contributed by atoms with Crippen molar-refractivity contribution < 1.29 is 4.79 Å². The lowest BCUT2D eigenvalue weighted by molar-refractivity contribution is -0.120. The highest BCUT2D eigenvalue weighted by Crippen LogP contribution is 2.20. The number of rotatable bonds is 6. The van der Waals surface area contributed by atoms with Gasteiger partial charge in [-0.1, -0.05) is 48.9 Å². The zero-order chi connectivity index (χ0) is 15.2. The second kappa shape index (κ2) is 7.20. The zero-order valence-electron chi connectivity index (χ0n) is 11.8. The summed E-state index contributed by atoms with van der Waals surface area (Å²) < 4.78 is 0. The van der Waals surface area contributed by atoms with Crippen LogP contribution >= 0.6 is 11.6 Å². The molecule has 2 rings (SSSR count). The first-order valence-electron chi connectivity index (χ1n) is 6.76. The minimum Gasteiger partial charge on any atom is -0.368 e. The standard InChI is InChI=1S/C16H18ClN3O/c1-11(12-6-3-2-4-7-12)15(16(18)21)20-10-14-13(17)8-5-9-19-14/h2-9,11,15,20H,10H2,1H3,(H2,18,21). The van der Waals surface area contributed by atoms with Crippen LogP contribution in [0.5, 0.6) is 0 Å². The number of hydrogen-bond donors (Lipinski definition) is 2. The number of carbonyl (C=O) groups is 1. The maximum absolute atomic E-state index is 11.7. The van der Waals surface area contributed by atoms with E-state index in [9.17, 15) is 4.79 Å². The molecule has 4 nitrogen and oxygen atoms in total. The third-order valence-electron chi connectivity index (χ3n) is 3.46. The molecule has 21 heavy (non-hydrogen) atoms. The van der Waals surface area contributed by atoms with Crippen LogP contribution in [0.2, 0.25) is 5.02 Å². The molecular formula is C16H18ClN3O. The number of primary amides is 1. The average molecular weight is 304 g/mol. The fraction of sp³-hybridized carbons (Fsp3) is 0.250. The Morgan fingerprint density at radius 3 is 2.62 bits per heavy atom. The molecular weight excluding hydrogens is 286 g/mol. The molecule has 110 valence electrons. The topological polar surface area (TPSA) is 68.0 Å². The molecule has 0 bridgehead atoms. The van der Waals surface area contributed by atoms with Gasteiger partial charge in [-0.3, -0.25) is 15.1 Å². The summed E-state index contributed by atoms with van der Waals surface area (Å²) in [4.78, 5) is 15.9. The molecule has 1 amide bonds. The lowest BCUT2D eigenvalue weighted by atomic mass is 9.93. The number of pyridine rings is 1. The predicted molar refractivity (Wildman–Crippen MR) is 83.9 cm³/mol. The molecule has 2 atom stereocenters. The lowest BCUT2D eigenvalue weighted by Gasteiger charge is -2.22. The fourth-order valence-corrected chi connectivity index (χ4v) is 2.42. The first kappa shape index (κ1) is 15.5. The first-order chi connectivity index (χ1) is 10.1. The summed E-state index contributed by atoms with van der Waals surface area (Å²) >= 11 is 6.07. The van der Waals surface area contributed by atoms with Crippen molar-refractivity contribution in [1.29, 1.82) is 0 Å². The smallest absolute Gasteiger partial charge is 0.235 e. The van der Waals surface area contributed by atoms with Gasteiger partial charge in [0.15, 0.2) is 0 Å². The van der Waals surface area contributed by atoms with Crippen LogP contribution in [0.1, 0.15) is 24.1 Å². The van der Waals surface area contributed by atoms with Crippen molar-refractivity contribution in [3.8, 4) is 0 Å². The van der Waals surface area contributed by atoms with Crippen molar-refractivity contribution in [3.63, 3.8) is 0 Å². The molecule has 0 fully saturated rings. The molecule has 0 aliphatic rings. The molecule has 1 heterocycles.